The summed E-state index contributed by atoms with van der Waals surface area (Å²) in [6.07, 6.45) is 1.62. The van der Waals surface area contributed by atoms with E-state index in [1.165, 1.54) is 0 Å². The molecule has 0 aliphatic carbocycles. The summed E-state index contributed by atoms with van der Waals surface area (Å²) in [4.78, 5) is 39.6. The number of nitro groups is 1. The highest BCUT2D eigenvalue weighted by Crippen LogP contribution is 2.28. The second-order valence-electron chi connectivity index (χ2n) is 4.70. The Labute approximate surface area is 125 Å². The number of aromatic nitrogens is 2. The van der Waals surface area contributed by atoms with Crippen LogP contribution in [-0.2, 0) is 0 Å². The van der Waals surface area contributed by atoms with Crippen molar-refractivity contribution < 1.29 is 4.92 Å². The zero-order chi connectivity index (χ0) is 16.1. The minimum Gasteiger partial charge on any atom is -0.322 e. The van der Waals surface area contributed by atoms with Gasteiger partial charge in [-0.3, -0.25) is 24.9 Å². The number of hydrogen-bond donors (Lipinski definition) is 2. The lowest BCUT2D eigenvalue weighted by atomic mass is 10.2. The van der Waals surface area contributed by atoms with Crippen molar-refractivity contribution in [2.45, 2.75) is 19.8 Å². The van der Waals surface area contributed by atoms with Crippen molar-refractivity contribution in [3.8, 4) is 0 Å². The highest BCUT2D eigenvalue weighted by atomic mass is 16.6. The van der Waals surface area contributed by atoms with Gasteiger partial charge in [-0.25, -0.2) is 4.79 Å². The number of anilines is 2. The van der Waals surface area contributed by atoms with Gasteiger partial charge in [0.15, 0.2) is 0 Å². The van der Waals surface area contributed by atoms with Crippen molar-refractivity contribution >= 4 is 17.2 Å². The molecule has 8 heteroatoms. The molecular weight excluding hydrogens is 288 g/mol. The van der Waals surface area contributed by atoms with Crippen LogP contribution in [0, 0.1) is 10.1 Å². The molecule has 0 bridgehead atoms. The van der Waals surface area contributed by atoms with Crippen LogP contribution in [-0.4, -0.2) is 21.4 Å². The molecule has 1 heterocycles. The number of para-hydroxylation sites is 1. The molecule has 0 saturated carbocycles. The Morgan fingerprint density at radius 3 is 2.45 bits per heavy atom. The van der Waals surface area contributed by atoms with Crippen molar-refractivity contribution in [1.82, 2.24) is 9.97 Å². The third kappa shape index (κ3) is 3.22. The average molecular weight is 304 g/mol. The van der Waals surface area contributed by atoms with E-state index < -0.39 is 21.9 Å². The molecule has 2 rings (SSSR count). The van der Waals surface area contributed by atoms with E-state index in [1.807, 2.05) is 18.0 Å². The first-order valence-electron chi connectivity index (χ1n) is 6.88. The predicted molar refractivity (Wildman–Crippen MR) is 82.7 cm³/mol. The highest BCUT2D eigenvalue weighted by molar-refractivity contribution is 5.67. The molecule has 0 spiro atoms. The minimum absolute atomic E-state index is 0.0987. The summed E-state index contributed by atoms with van der Waals surface area (Å²) in [6, 6.07) is 8.91. The van der Waals surface area contributed by atoms with Gasteiger partial charge in [-0.2, -0.15) is 0 Å². The maximum atomic E-state index is 11.8. The van der Waals surface area contributed by atoms with E-state index in [-0.39, 0.29) is 5.82 Å². The number of nitrogens with one attached hydrogen (secondary N) is 2. The Morgan fingerprint density at radius 2 is 1.86 bits per heavy atom. The summed E-state index contributed by atoms with van der Waals surface area (Å²) >= 11 is 0. The van der Waals surface area contributed by atoms with Gasteiger partial charge in [-0.1, -0.05) is 31.5 Å². The molecule has 0 fully saturated rings. The number of H-pyrrole nitrogens is 2. The van der Waals surface area contributed by atoms with E-state index in [2.05, 4.69) is 4.98 Å². The van der Waals surface area contributed by atoms with Gasteiger partial charge in [-0.05, 0) is 18.6 Å². The Hall–Kier alpha value is -2.90. The third-order valence-electron chi connectivity index (χ3n) is 3.15. The summed E-state index contributed by atoms with van der Waals surface area (Å²) in [5, 5.41) is 11.2. The standard InChI is InChI=1S/C14H16N4O4/c1-2-3-9-17(10-7-5-4-6-8-10)12-11(18(21)22)13(19)16-14(20)15-12/h4-8H,2-3,9H2,1H3,(H2,15,16,19,20). The lowest BCUT2D eigenvalue weighted by Gasteiger charge is -2.23. The first-order valence-corrected chi connectivity index (χ1v) is 6.88. The summed E-state index contributed by atoms with van der Waals surface area (Å²) < 4.78 is 0. The number of nitrogens with zero attached hydrogens (tertiary/aromatic N) is 2. The van der Waals surface area contributed by atoms with E-state index in [4.69, 9.17) is 0 Å². The zero-order valence-corrected chi connectivity index (χ0v) is 12.0. The van der Waals surface area contributed by atoms with E-state index in [0.717, 1.165) is 12.8 Å². The van der Waals surface area contributed by atoms with Gasteiger partial charge in [0, 0.05) is 12.2 Å². The SMILES string of the molecule is CCCCN(c1ccccc1)c1[nH]c(=O)[nH]c(=O)c1[N+](=O)[O-]. The summed E-state index contributed by atoms with van der Waals surface area (Å²) in [7, 11) is 0. The van der Waals surface area contributed by atoms with Crippen LogP contribution in [0.3, 0.4) is 0 Å². The average Bonchev–Trinajstić information content (AvgIpc) is 2.47. The molecule has 0 unspecified atom stereocenters. The summed E-state index contributed by atoms with van der Waals surface area (Å²) in [6.45, 7) is 2.43. The number of hydrogen-bond acceptors (Lipinski definition) is 5. The molecule has 1 aromatic carbocycles. The van der Waals surface area contributed by atoms with Crippen molar-refractivity contribution in [1.29, 1.82) is 0 Å². The number of benzene rings is 1. The number of rotatable bonds is 6. The van der Waals surface area contributed by atoms with E-state index in [9.17, 15) is 19.7 Å². The molecule has 8 nitrogen and oxygen atoms in total. The smallest absolute Gasteiger partial charge is 0.322 e. The third-order valence-corrected chi connectivity index (χ3v) is 3.15. The zero-order valence-electron chi connectivity index (χ0n) is 12.0. The van der Waals surface area contributed by atoms with Gasteiger partial charge in [0.05, 0.1) is 4.92 Å². The topological polar surface area (TPSA) is 112 Å². The molecule has 22 heavy (non-hydrogen) atoms. The lowest BCUT2D eigenvalue weighted by molar-refractivity contribution is -0.385. The fourth-order valence-electron chi connectivity index (χ4n) is 2.13. The quantitative estimate of drug-likeness (QED) is 0.625. The fourth-order valence-corrected chi connectivity index (χ4v) is 2.13. The molecule has 0 aliphatic rings. The van der Waals surface area contributed by atoms with Gasteiger partial charge >= 0.3 is 16.9 Å². The van der Waals surface area contributed by atoms with Crippen LogP contribution in [0.25, 0.3) is 0 Å². The fraction of sp³-hybridized carbons (Fsp3) is 0.286. The van der Waals surface area contributed by atoms with Crippen LogP contribution in [0.15, 0.2) is 39.9 Å². The molecule has 0 aliphatic heterocycles. The maximum absolute atomic E-state index is 11.8. The summed E-state index contributed by atoms with van der Waals surface area (Å²) in [5.41, 5.74) is -1.79. The first-order chi connectivity index (χ1) is 10.5. The molecule has 2 aromatic rings. The van der Waals surface area contributed by atoms with Crippen molar-refractivity contribution in [2.24, 2.45) is 0 Å². The van der Waals surface area contributed by atoms with Gasteiger partial charge in [0.1, 0.15) is 0 Å². The van der Waals surface area contributed by atoms with Crippen molar-refractivity contribution in [2.75, 3.05) is 11.4 Å². The number of unbranched alkanes of at least 4 members (excludes halogenated alkanes) is 1. The van der Waals surface area contributed by atoms with E-state index in [0.29, 0.717) is 12.2 Å². The molecule has 0 radical (unpaired) electrons. The van der Waals surface area contributed by atoms with Crippen LogP contribution < -0.4 is 16.1 Å². The van der Waals surface area contributed by atoms with Gasteiger partial charge in [0.25, 0.3) is 0 Å². The van der Waals surface area contributed by atoms with Crippen LogP contribution in [0.5, 0.6) is 0 Å². The van der Waals surface area contributed by atoms with Crippen molar-refractivity contribution in [3.05, 3.63) is 61.3 Å². The highest BCUT2D eigenvalue weighted by Gasteiger charge is 2.26. The molecule has 0 amide bonds. The predicted octanol–water partition coefficient (Wildman–Crippen LogP) is 1.91. The normalized spacial score (nSPS) is 10.4. The molecule has 0 saturated heterocycles. The molecule has 2 N–H and O–H groups in total. The van der Waals surface area contributed by atoms with Crippen LogP contribution in [0.4, 0.5) is 17.2 Å². The second kappa shape index (κ2) is 6.70. The van der Waals surface area contributed by atoms with Crippen LogP contribution in [0.1, 0.15) is 19.8 Å². The number of aromatic amines is 2. The second-order valence-corrected chi connectivity index (χ2v) is 4.70. The molecule has 0 atom stereocenters. The Bertz CT molecular complexity index is 766. The van der Waals surface area contributed by atoms with Gasteiger partial charge < -0.3 is 4.90 Å². The molecule has 1 aromatic heterocycles. The molecule has 116 valence electrons. The van der Waals surface area contributed by atoms with E-state index >= 15 is 0 Å². The Morgan fingerprint density at radius 1 is 1.18 bits per heavy atom. The largest absolute Gasteiger partial charge is 0.374 e. The van der Waals surface area contributed by atoms with Crippen LogP contribution >= 0.6 is 0 Å². The monoisotopic (exact) mass is 304 g/mol. The van der Waals surface area contributed by atoms with Crippen molar-refractivity contribution in [3.63, 3.8) is 0 Å². The summed E-state index contributed by atoms with van der Waals surface area (Å²) in [5.74, 6) is -0.0987. The van der Waals surface area contributed by atoms with Gasteiger partial charge in [0.2, 0.25) is 5.82 Å². The van der Waals surface area contributed by atoms with E-state index in [1.54, 1.807) is 29.2 Å². The first kappa shape index (κ1) is 15.5. The maximum Gasteiger partial charge on any atom is 0.374 e. The van der Waals surface area contributed by atoms with Gasteiger partial charge in [-0.15, -0.1) is 0 Å². The molecular formula is C14H16N4O4. The Balaban J connectivity index is 2.64. The minimum atomic E-state index is -1.01. The van der Waals surface area contributed by atoms with Crippen LogP contribution in [0.2, 0.25) is 0 Å². The lowest BCUT2D eigenvalue weighted by Crippen LogP contribution is -2.31. The Kier molecular flexibility index (Phi) is 4.72.